The molecule has 0 radical (unpaired) electrons. The molecule has 1 amide bonds. The van der Waals surface area contributed by atoms with E-state index in [0.717, 1.165) is 15.7 Å². The number of anilines is 1. The van der Waals surface area contributed by atoms with Crippen LogP contribution in [0.4, 0.5) is 10.8 Å². The van der Waals surface area contributed by atoms with Crippen molar-refractivity contribution in [3.05, 3.63) is 58.4 Å². The Bertz CT molecular complexity index is 1110. The van der Waals surface area contributed by atoms with Crippen LogP contribution in [0.3, 0.4) is 0 Å². The van der Waals surface area contributed by atoms with E-state index in [1.165, 1.54) is 16.3 Å². The van der Waals surface area contributed by atoms with Gasteiger partial charge in [-0.05, 0) is 31.2 Å². The summed E-state index contributed by atoms with van der Waals surface area (Å²) < 4.78 is 6.26. The molecule has 0 unspecified atom stereocenters. The number of carbonyl (C=O) groups is 1. The van der Waals surface area contributed by atoms with Crippen molar-refractivity contribution in [3.63, 3.8) is 0 Å². The van der Waals surface area contributed by atoms with E-state index < -0.39 is 6.04 Å². The Labute approximate surface area is 179 Å². The smallest absolute Gasteiger partial charge is 0.282 e. The zero-order valence-corrected chi connectivity index (χ0v) is 18.0. The molecule has 9 heteroatoms. The predicted molar refractivity (Wildman–Crippen MR) is 117 cm³/mol. The Kier molecular flexibility index (Phi) is 5.50. The maximum Gasteiger partial charge on any atom is 0.282 e. The summed E-state index contributed by atoms with van der Waals surface area (Å²) >= 11 is 4.78. The number of ether oxygens (including phenoxy) is 1. The van der Waals surface area contributed by atoms with Gasteiger partial charge in [0, 0.05) is 15.4 Å². The zero-order valence-electron chi connectivity index (χ0n) is 15.6. The molecule has 1 atom stereocenters. The highest BCUT2D eigenvalue weighted by Gasteiger charge is 2.36. The fourth-order valence-electron chi connectivity index (χ4n) is 2.77. The maximum atomic E-state index is 12.9. The average Bonchev–Trinajstić information content (AvgIpc) is 3.32. The van der Waals surface area contributed by atoms with Gasteiger partial charge in [0.2, 0.25) is 5.13 Å². The second-order valence-corrected chi connectivity index (χ2v) is 7.96. The third kappa shape index (κ3) is 3.96. The van der Waals surface area contributed by atoms with Crippen molar-refractivity contribution >= 4 is 49.7 Å². The molecule has 0 aliphatic carbocycles. The van der Waals surface area contributed by atoms with Gasteiger partial charge in [-0.3, -0.25) is 4.79 Å². The molecule has 7 nitrogen and oxygen atoms in total. The second kappa shape index (κ2) is 8.22. The highest BCUT2D eigenvalue weighted by atomic mass is 79.9. The van der Waals surface area contributed by atoms with Gasteiger partial charge >= 0.3 is 0 Å². The van der Waals surface area contributed by atoms with Crippen molar-refractivity contribution in [1.82, 2.24) is 4.98 Å². The molecule has 3 aromatic rings. The number of hydrazone groups is 1. The predicted octanol–water partition coefficient (Wildman–Crippen LogP) is 5.46. The van der Waals surface area contributed by atoms with Crippen LogP contribution in [-0.4, -0.2) is 29.8 Å². The van der Waals surface area contributed by atoms with Gasteiger partial charge in [-0.1, -0.05) is 40.2 Å². The molecule has 0 saturated carbocycles. The summed E-state index contributed by atoms with van der Waals surface area (Å²) in [5.74, 6) is 0.310. The van der Waals surface area contributed by atoms with E-state index in [-0.39, 0.29) is 5.91 Å². The van der Waals surface area contributed by atoms with Crippen molar-refractivity contribution in [2.75, 3.05) is 12.1 Å². The van der Waals surface area contributed by atoms with E-state index >= 15 is 0 Å². The van der Waals surface area contributed by atoms with Gasteiger partial charge in [0.05, 0.1) is 18.5 Å². The van der Waals surface area contributed by atoms with Gasteiger partial charge < -0.3 is 4.74 Å². The lowest BCUT2D eigenvalue weighted by Crippen LogP contribution is -2.29. The zero-order chi connectivity index (χ0) is 20.4. The first-order chi connectivity index (χ1) is 14.1. The lowest BCUT2D eigenvalue weighted by Gasteiger charge is -2.08. The van der Waals surface area contributed by atoms with E-state index in [4.69, 9.17) is 4.74 Å². The van der Waals surface area contributed by atoms with E-state index in [0.29, 0.717) is 22.3 Å². The number of hydrogen-bond acceptors (Lipinski definition) is 7. The molecule has 1 aliphatic rings. The molecule has 2 aromatic carbocycles. The largest absolute Gasteiger partial charge is 0.494 e. The van der Waals surface area contributed by atoms with Crippen LogP contribution in [0.2, 0.25) is 0 Å². The van der Waals surface area contributed by atoms with Crippen molar-refractivity contribution in [2.24, 2.45) is 15.3 Å². The minimum absolute atomic E-state index is 0.280. The number of carbonyl (C=O) groups excluding carboxylic acids is 1. The first kappa shape index (κ1) is 19.4. The highest BCUT2D eigenvalue weighted by Crippen LogP contribution is 2.32. The molecule has 0 fully saturated rings. The summed E-state index contributed by atoms with van der Waals surface area (Å²) in [6.07, 6.45) is 0. The normalized spacial score (nSPS) is 16.5. The van der Waals surface area contributed by atoms with Gasteiger partial charge in [-0.25, -0.2) is 4.98 Å². The Morgan fingerprint density at radius 2 is 1.93 bits per heavy atom. The number of hydrogen-bond donors (Lipinski definition) is 0. The van der Waals surface area contributed by atoms with Gasteiger partial charge in [0.25, 0.3) is 5.91 Å². The fourth-order valence-corrected chi connectivity index (χ4v) is 3.83. The summed E-state index contributed by atoms with van der Waals surface area (Å²) in [5, 5.41) is 16.5. The van der Waals surface area contributed by atoms with Gasteiger partial charge in [-0.15, -0.1) is 11.3 Å². The van der Waals surface area contributed by atoms with Crippen molar-refractivity contribution < 1.29 is 9.53 Å². The molecule has 4 rings (SSSR count). The second-order valence-electron chi connectivity index (χ2n) is 6.20. The van der Waals surface area contributed by atoms with Crippen LogP contribution in [0, 0.1) is 0 Å². The van der Waals surface area contributed by atoms with Crippen LogP contribution >= 0.6 is 27.3 Å². The Morgan fingerprint density at radius 3 is 2.69 bits per heavy atom. The first-order valence-corrected chi connectivity index (χ1v) is 10.4. The summed E-state index contributed by atoms with van der Waals surface area (Å²) in [6, 6.07) is 14.3. The summed E-state index contributed by atoms with van der Waals surface area (Å²) in [4.78, 5) is 17.4. The Balaban J connectivity index is 1.55. The number of rotatable bonds is 5. The molecule has 0 N–H and O–H groups in total. The quantitative estimate of drug-likeness (QED) is 0.465. The lowest BCUT2D eigenvalue weighted by atomic mass is 10.2. The van der Waals surface area contributed by atoms with E-state index in [2.05, 4.69) is 36.2 Å². The standard InChI is InChI=1S/C20H16BrN5O2S/c1-12-18(24-23-15-5-3-4-6-17(15)28-2)19(27)26(25-12)20-22-16(11-29-20)13-7-9-14(21)10-8-13/h3-11,18H,1-2H3/t18-/m1/s1. The SMILES string of the molecule is COc1ccccc1N=N[C@H]1C(=O)N(c2nc(-c3ccc(Br)cc3)cs2)N=C1C. The number of thiazole rings is 1. The molecular formula is C20H16BrN5O2S. The van der Waals surface area contributed by atoms with Gasteiger partial charge in [0.15, 0.2) is 6.04 Å². The van der Waals surface area contributed by atoms with Crippen LogP contribution in [0.25, 0.3) is 11.3 Å². The maximum absolute atomic E-state index is 12.9. The van der Waals surface area contributed by atoms with Crippen LogP contribution in [-0.2, 0) is 4.79 Å². The molecule has 0 bridgehead atoms. The molecule has 29 heavy (non-hydrogen) atoms. The number of benzene rings is 2. The van der Waals surface area contributed by atoms with Gasteiger partial charge in [0.1, 0.15) is 11.4 Å². The monoisotopic (exact) mass is 469 g/mol. The number of aromatic nitrogens is 1. The van der Waals surface area contributed by atoms with Crippen LogP contribution < -0.4 is 9.75 Å². The Hall–Kier alpha value is -2.91. The molecule has 2 heterocycles. The summed E-state index contributed by atoms with van der Waals surface area (Å²) in [5.41, 5.74) is 2.88. The fraction of sp³-hybridized carbons (Fsp3) is 0.150. The van der Waals surface area contributed by atoms with Crippen LogP contribution in [0.5, 0.6) is 5.75 Å². The van der Waals surface area contributed by atoms with Crippen molar-refractivity contribution in [1.29, 1.82) is 0 Å². The number of azo groups is 1. The first-order valence-electron chi connectivity index (χ1n) is 8.71. The van der Waals surface area contributed by atoms with Crippen molar-refractivity contribution in [3.8, 4) is 17.0 Å². The summed E-state index contributed by atoms with van der Waals surface area (Å²) in [7, 11) is 1.56. The number of amides is 1. The minimum Gasteiger partial charge on any atom is -0.494 e. The topological polar surface area (TPSA) is 79.5 Å². The van der Waals surface area contributed by atoms with Gasteiger partial charge in [-0.2, -0.15) is 20.3 Å². The van der Waals surface area contributed by atoms with Crippen LogP contribution in [0.15, 0.2) is 73.7 Å². The van der Waals surface area contributed by atoms with E-state index in [1.54, 1.807) is 26.2 Å². The highest BCUT2D eigenvalue weighted by molar-refractivity contribution is 9.10. The molecule has 146 valence electrons. The number of methoxy groups -OCH3 is 1. The average molecular weight is 470 g/mol. The molecular weight excluding hydrogens is 454 g/mol. The molecule has 0 saturated heterocycles. The number of nitrogens with zero attached hydrogens (tertiary/aromatic N) is 5. The molecule has 1 aromatic heterocycles. The Morgan fingerprint density at radius 1 is 1.17 bits per heavy atom. The van der Waals surface area contributed by atoms with Crippen LogP contribution in [0.1, 0.15) is 6.92 Å². The molecule has 0 spiro atoms. The van der Waals surface area contributed by atoms with Crippen molar-refractivity contribution in [2.45, 2.75) is 13.0 Å². The van der Waals surface area contributed by atoms with E-state index in [1.807, 2.05) is 41.8 Å². The minimum atomic E-state index is -0.778. The number of halogens is 1. The number of para-hydroxylation sites is 1. The third-order valence-electron chi connectivity index (χ3n) is 4.28. The lowest BCUT2D eigenvalue weighted by molar-refractivity contribution is -0.117. The molecule has 1 aliphatic heterocycles. The van der Waals surface area contributed by atoms with E-state index in [9.17, 15) is 4.79 Å². The summed E-state index contributed by atoms with van der Waals surface area (Å²) in [6.45, 7) is 1.76. The third-order valence-corrected chi connectivity index (χ3v) is 5.62.